The molecule has 0 unspecified atom stereocenters. The van der Waals surface area contributed by atoms with Crippen molar-refractivity contribution in [3.05, 3.63) is 47.8 Å². The van der Waals surface area contributed by atoms with E-state index in [0.717, 1.165) is 44.0 Å². The van der Waals surface area contributed by atoms with Crippen molar-refractivity contribution in [3.8, 4) is 17.5 Å². The molecule has 0 radical (unpaired) electrons. The number of Topliss-reactive ketones (excluding diaryl/α,β-unsaturated/α-hetero) is 1. The lowest BCUT2D eigenvalue weighted by atomic mass is 9.56. The zero-order valence-corrected chi connectivity index (χ0v) is 23.1. The smallest absolute Gasteiger partial charge is 0.255 e. The Labute approximate surface area is 232 Å². The highest BCUT2D eigenvalue weighted by Crippen LogP contribution is 2.55. The Kier molecular flexibility index (Phi) is 7.13. The molecule has 3 N–H and O–H groups in total. The second kappa shape index (κ2) is 10.3. The molecule has 3 fully saturated rings. The Morgan fingerprint density at radius 3 is 2.50 bits per heavy atom. The number of amides is 1. The van der Waals surface area contributed by atoms with Crippen LogP contribution in [0.5, 0.6) is 0 Å². The summed E-state index contributed by atoms with van der Waals surface area (Å²) in [7, 11) is 0. The molecule has 1 atom stereocenters. The lowest BCUT2D eigenvalue weighted by Crippen LogP contribution is -2.51. The number of nitriles is 1. The summed E-state index contributed by atoms with van der Waals surface area (Å²) in [4.78, 5) is 29.7. The van der Waals surface area contributed by atoms with E-state index in [9.17, 15) is 24.3 Å². The minimum absolute atomic E-state index is 0.0743. The Bertz CT molecular complexity index is 1480. The number of carbonyl (C=O) groups is 2. The second-order valence-electron chi connectivity index (χ2n) is 12.1. The van der Waals surface area contributed by atoms with E-state index in [-0.39, 0.29) is 28.8 Å². The third-order valence-electron chi connectivity index (χ3n) is 8.67. The van der Waals surface area contributed by atoms with Gasteiger partial charge in [0.1, 0.15) is 18.0 Å². The van der Waals surface area contributed by atoms with Gasteiger partial charge < -0.3 is 20.5 Å². The van der Waals surface area contributed by atoms with E-state index < -0.39 is 17.7 Å². The molecule has 0 aromatic carbocycles. The van der Waals surface area contributed by atoms with E-state index in [1.54, 1.807) is 17.5 Å². The van der Waals surface area contributed by atoms with E-state index in [2.05, 4.69) is 26.8 Å². The highest BCUT2D eigenvalue weighted by molar-refractivity contribution is 6.00. The number of halogens is 1. The van der Waals surface area contributed by atoms with Gasteiger partial charge >= 0.3 is 0 Å². The molecule has 3 heterocycles. The fourth-order valence-corrected chi connectivity index (χ4v) is 6.19. The van der Waals surface area contributed by atoms with Crippen molar-refractivity contribution >= 4 is 22.9 Å². The number of alkyl halides is 1. The van der Waals surface area contributed by atoms with Gasteiger partial charge in [-0.05, 0) is 89.0 Å². The van der Waals surface area contributed by atoms with Crippen LogP contribution in [0.25, 0.3) is 16.9 Å². The van der Waals surface area contributed by atoms with Crippen molar-refractivity contribution in [2.75, 3.05) is 11.9 Å². The van der Waals surface area contributed by atoms with Gasteiger partial charge in [0.2, 0.25) is 0 Å². The van der Waals surface area contributed by atoms with E-state index >= 15 is 0 Å². The second-order valence-corrected chi connectivity index (χ2v) is 12.1. The molecular formula is C30H35FN6O3. The van der Waals surface area contributed by atoms with Gasteiger partial charge in [-0.1, -0.05) is 0 Å². The van der Waals surface area contributed by atoms with Crippen molar-refractivity contribution in [3.63, 3.8) is 0 Å². The van der Waals surface area contributed by atoms with Crippen LogP contribution in [0.2, 0.25) is 0 Å². The van der Waals surface area contributed by atoms with Gasteiger partial charge in [-0.25, -0.2) is 8.91 Å². The molecular weight excluding hydrogens is 511 g/mol. The van der Waals surface area contributed by atoms with Crippen molar-refractivity contribution in [2.45, 2.75) is 83.0 Å². The van der Waals surface area contributed by atoms with Crippen LogP contribution in [0.3, 0.4) is 0 Å². The van der Waals surface area contributed by atoms with Crippen LogP contribution in [0.1, 0.15) is 81.6 Å². The summed E-state index contributed by atoms with van der Waals surface area (Å²) in [6.45, 7) is 4.05. The number of hydrogen-bond donors (Lipinski definition) is 3. The van der Waals surface area contributed by atoms with Crippen LogP contribution in [0.15, 0.2) is 36.7 Å². The molecule has 0 spiro atoms. The molecule has 3 aromatic rings. The molecule has 6 rings (SSSR count). The van der Waals surface area contributed by atoms with Crippen LogP contribution in [0, 0.1) is 16.7 Å². The molecule has 40 heavy (non-hydrogen) atoms. The van der Waals surface area contributed by atoms with E-state index in [1.807, 2.05) is 18.2 Å². The number of nitrogens with zero attached hydrogens (tertiary/aromatic N) is 4. The Balaban J connectivity index is 1.47. The average molecular weight is 547 g/mol. The van der Waals surface area contributed by atoms with Gasteiger partial charge in [-0.15, -0.1) is 0 Å². The first-order valence-corrected chi connectivity index (χ1v) is 13.7. The third-order valence-corrected chi connectivity index (χ3v) is 8.67. The number of carbonyl (C=O) groups excluding carboxylic acids is 2. The zero-order chi connectivity index (χ0) is 28.7. The van der Waals surface area contributed by atoms with E-state index in [4.69, 9.17) is 0 Å². The maximum Gasteiger partial charge on any atom is 0.255 e. The highest BCUT2D eigenvalue weighted by atomic mass is 19.1. The fourth-order valence-electron chi connectivity index (χ4n) is 6.19. The first-order chi connectivity index (χ1) is 18.9. The predicted molar refractivity (Wildman–Crippen MR) is 148 cm³/mol. The van der Waals surface area contributed by atoms with Crippen LogP contribution in [0.4, 0.5) is 10.1 Å². The number of pyridine rings is 1. The summed E-state index contributed by atoms with van der Waals surface area (Å²) in [6, 6.07) is 9.37. The molecule has 3 aliphatic rings. The number of aromatic nitrogens is 3. The maximum absolute atomic E-state index is 14.4. The number of hydrogen-bond acceptors (Lipinski definition) is 7. The van der Waals surface area contributed by atoms with Gasteiger partial charge in [0.15, 0.2) is 0 Å². The summed E-state index contributed by atoms with van der Waals surface area (Å²) >= 11 is 0. The van der Waals surface area contributed by atoms with Crippen molar-refractivity contribution in [2.24, 2.45) is 5.41 Å². The lowest BCUT2D eigenvalue weighted by Gasteiger charge is -2.54. The number of fused-ring (bicyclic) bond motifs is 4. The molecule has 2 bridgehead atoms. The van der Waals surface area contributed by atoms with Gasteiger partial charge in [-0.2, -0.15) is 10.4 Å². The molecule has 9 nitrogen and oxygen atoms in total. The van der Waals surface area contributed by atoms with Gasteiger partial charge in [-0.3, -0.25) is 9.78 Å². The van der Waals surface area contributed by atoms with Gasteiger partial charge in [0, 0.05) is 18.2 Å². The van der Waals surface area contributed by atoms with Crippen molar-refractivity contribution < 1.29 is 19.1 Å². The molecule has 0 saturated heterocycles. The molecule has 3 aromatic heterocycles. The first-order valence-electron chi connectivity index (χ1n) is 13.7. The quantitative estimate of drug-likeness (QED) is 0.358. The number of ketones is 1. The normalized spacial score (nSPS) is 23.0. The maximum atomic E-state index is 14.4. The summed E-state index contributed by atoms with van der Waals surface area (Å²) < 4.78 is 16.1. The summed E-state index contributed by atoms with van der Waals surface area (Å²) in [5.41, 5.74) is 1.63. The fraction of sp³-hybridized carbons (Fsp3) is 0.500. The van der Waals surface area contributed by atoms with Crippen molar-refractivity contribution in [1.29, 1.82) is 5.26 Å². The molecule has 1 amide bonds. The predicted octanol–water partition coefficient (Wildman–Crippen LogP) is 4.59. The SMILES string of the molecule is CC(=O)CC12CCC(Nc3cc(-c4ccc5cc(C#N)cnn45)ncc3C(=O)NC[C@@H](F)C(C)(C)O)(CC1)CC2. The Morgan fingerprint density at radius 1 is 1.18 bits per heavy atom. The summed E-state index contributed by atoms with van der Waals surface area (Å²) in [6.07, 6.45) is 7.45. The lowest BCUT2D eigenvalue weighted by molar-refractivity contribution is -0.121. The first kappa shape index (κ1) is 27.7. The monoisotopic (exact) mass is 546 g/mol. The topological polar surface area (TPSA) is 132 Å². The number of nitrogens with one attached hydrogen (secondary N) is 2. The van der Waals surface area contributed by atoms with Crippen LogP contribution in [-0.4, -0.2) is 55.3 Å². The molecule has 3 saturated carbocycles. The van der Waals surface area contributed by atoms with E-state index in [0.29, 0.717) is 29.1 Å². The highest BCUT2D eigenvalue weighted by Gasteiger charge is 2.49. The van der Waals surface area contributed by atoms with Crippen LogP contribution < -0.4 is 10.6 Å². The van der Waals surface area contributed by atoms with Gasteiger partial charge in [0.25, 0.3) is 5.91 Å². The number of anilines is 1. The number of rotatable bonds is 9. The zero-order valence-electron chi connectivity index (χ0n) is 23.1. The molecule has 0 aliphatic heterocycles. The Hall–Kier alpha value is -3.84. The van der Waals surface area contributed by atoms with E-state index in [1.165, 1.54) is 26.2 Å². The van der Waals surface area contributed by atoms with Crippen molar-refractivity contribution in [1.82, 2.24) is 19.9 Å². The Morgan fingerprint density at radius 2 is 1.88 bits per heavy atom. The van der Waals surface area contributed by atoms with Gasteiger partial charge in [0.05, 0.1) is 52.1 Å². The summed E-state index contributed by atoms with van der Waals surface area (Å²) in [5.74, 6) is -0.258. The third kappa shape index (κ3) is 5.43. The van der Waals surface area contributed by atoms with Crippen LogP contribution >= 0.6 is 0 Å². The van der Waals surface area contributed by atoms with Crippen LogP contribution in [-0.2, 0) is 4.79 Å². The largest absolute Gasteiger partial charge is 0.387 e. The summed E-state index contributed by atoms with van der Waals surface area (Å²) in [5, 5.41) is 29.9. The molecule has 210 valence electrons. The number of aliphatic hydroxyl groups is 1. The molecule has 3 aliphatic carbocycles. The minimum atomic E-state index is -1.64. The molecule has 10 heteroatoms. The standard InChI is InChI=1S/C30H35FN6O3/c1-19(38)14-29-6-9-30(10-7-29,11-8-29)36-23-13-24(25-5-4-21-12-20(15-32)16-35-37(21)25)33-17-22(23)27(39)34-18-26(31)28(2,3)40/h4-5,12-13,16-17,26,40H,6-11,14,18H2,1-3H3,(H,33,36)(H,34,39)/t26-,29?,30?/m1/s1. The average Bonchev–Trinajstić information content (AvgIpc) is 3.35. The minimum Gasteiger partial charge on any atom is -0.387 e.